The summed E-state index contributed by atoms with van der Waals surface area (Å²) in [6, 6.07) is 5.28. The Balaban J connectivity index is 2.40. The highest BCUT2D eigenvalue weighted by atomic mass is 16.5. The molecule has 0 spiro atoms. The Hall–Kier alpha value is -1.62. The van der Waals surface area contributed by atoms with Crippen LogP contribution in [0.2, 0.25) is 0 Å². The van der Waals surface area contributed by atoms with Crippen LogP contribution in [0.25, 0.3) is 0 Å². The highest BCUT2D eigenvalue weighted by molar-refractivity contribution is 5.87. The van der Waals surface area contributed by atoms with Gasteiger partial charge >= 0.3 is 5.97 Å². The molecule has 0 bridgehead atoms. The Labute approximate surface area is 173 Å². The Bertz CT molecular complexity index is 547. The van der Waals surface area contributed by atoms with E-state index < -0.39 is 5.97 Å². The smallest absolute Gasteiger partial charge is 0.356 e. The molecule has 0 aliphatic rings. The van der Waals surface area contributed by atoms with Gasteiger partial charge in [0.25, 0.3) is 0 Å². The summed E-state index contributed by atoms with van der Waals surface area (Å²) in [5, 5.41) is 12.0. The zero-order chi connectivity index (χ0) is 21.2. The summed E-state index contributed by atoms with van der Waals surface area (Å²) in [6.07, 6.45) is 0. The lowest BCUT2D eigenvalue weighted by Crippen LogP contribution is -2.31. The number of carbonyl (C=O) groups is 1. The van der Waals surface area contributed by atoms with E-state index in [1.807, 2.05) is 6.07 Å². The van der Waals surface area contributed by atoms with Crippen molar-refractivity contribution in [2.24, 2.45) is 0 Å². The second kappa shape index (κ2) is 17.3. The fourth-order valence-corrected chi connectivity index (χ4v) is 2.48. The molecule has 0 aromatic carbocycles. The lowest BCUT2D eigenvalue weighted by molar-refractivity contribution is 0.0304. The molecular weight excluding hydrogens is 378 g/mol. The van der Waals surface area contributed by atoms with Gasteiger partial charge in [0.15, 0.2) is 0 Å². The van der Waals surface area contributed by atoms with Gasteiger partial charge in [-0.1, -0.05) is 13.0 Å². The number of aromatic nitrogens is 1. The second-order valence-corrected chi connectivity index (χ2v) is 6.20. The molecule has 0 amide bonds. The van der Waals surface area contributed by atoms with Crippen LogP contribution >= 0.6 is 0 Å². The number of likely N-dealkylation sites (N-methyl/N-ethyl adjacent to an activating group) is 1. The third kappa shape index (κ3) is 12.5. The minimum absolute atomic E-state index is 0.000380. The second-order valence-electron chi connectivity index (χ2n) is 6.20. The van der Waals surface area contributed by atoms with Crippen molar-refractivity contribution in [1.29, 1.82) is 0 Å². The zero-order valence-corrected chi connectivity index (χ0v) is 17.6. The first-order valence-corrected chi connectivity index (χ1v) is 10.0. The highest BCUT2D eigenvalue weighted by Gasteiger charge is 2.11. The van der Waals surface area contributed by atoms with E-state index in [2.05, 4.69) is 22.1 Å². The van der Waals surface area contributed by atoms with Crippen LogP contribution in [0, 0.1) is 0 Å². The molecule has 0 unspecified atom stereocenters. The summed E-state index contributed by atoms with van der Waals surface area (Å²) >= 11 is 0. The van der Waals surface area contributed by atoms with Crippen LogP contribution in [0.4, 0.5) is 0 Å². The molecule has 1 heterocycles. The maximum atomic E-state index is 11.7. The summed E-state index contributed by atoms with van der Waals surface area (Å²) in [5.74, 6) is -0.456. The normalized spacial score (nSPS) is 11.2. The molecule has 0 radical (unpaired) electrons. The first-order valence-electron chi connectivity index (χ1n) is 10.0. The van der Waals surface area contributed by atoms with Crippen LogP contribution in [-0.4, -0.2) is 100 Å². The molecule has 1 aromatic rings. The van der Waals surface area contributed by atoms with Gasteiger partial charge in [0.2, 0.25) is 0 Å². The van der Waals surface area contributed by atoms with Crippen molar-refractivity contribution in [2.75, 3.05) is 79.5 Å². The van der Waals surface area contributed by atoms with Gasteiger partial charge in [-0.25, -0.2) is 9.78 Å². The van der Waals surface area contributed by atoms with E-state index in [0.717, 1.165) is 18.8 Å². The molecule has 0 saturated heterocycles. The van der Waals surface area contributed by atoms with Gasteiger partial charge in [-0.05, 0) is 18.7 Å². The third-order valence-corrected chi connectivity index (χ3v) is 3.97. The van der Waals surface area contributed by atoms with Crippen molar-refractivity contribution < 1.29 is 28.8 Å². The van der Waals surface area contributed by atoms with Gasteiger partial charge in [-0.15, -0.1) is 0 Å². The molecular formula is C20H35N3O6. The van der Waals surface area contributed by atoms with Crippen LogP contribution in [0.3, 0.4) is 0 Å². The van der Waals surface area contributed by atoms with Crippen LogP contribution < -0.4 is 5.32 Å². The monoisotopic (exact) mass is 413 g/mol. The molecule has 1 rings (SSSR count). The molecule has 166 valence electrons. The van der Waals surface area contributed by atoms with Crippen LogP contribution in [0.15, 0.2) is 18.2 Å². The van der Waals surface area contributed by atoms with E-state index >= 15 is 0 Å². The van der Waals surface area contributed by atoms with Crippen LogP contribution in [0.1, 0.15) is 23.1 Å². The largest absolute Gasteiger partial charge is 0.464 e. The Kier molecular flexibility index (Phi) is 15.1. The number of hydrogen-bond donors (Lipinski definition) is 2. The van der Waals surface area contributed by atoms with Gasteiger partial charge in [0, 0.05) is 26.2 Å². The fraction of sp³-hybridized carbons (Fsp3) is 0.700. The number of esters is 1. The Morgan fingerprint density at radius 1 is 1.07 bits per heavy atom. The number of nitrogens with one attached hydrogen (secondary N) is 1. The van der Waals surface area contributed by atoms with Gasteiger partial charge in [-0.2, -0.15) is 0 Å². The average molecular weight is 414 g/mol. The number of pyridine rings is 1. The van der Waals surface area contributed by atoms with E-state index in [1.54, 1.807) is 12.1 Å². The van der Waals surface area contributed by atoms with E-state index in [4.69, 9.17) is 24.1 Å². The molecule has 0 aliphatic carbocycles. The maximum absolute atomic E-state index is 11.7. The summed E-state index contributed by atoms with van der Waals surface area (Å²) in [7, 11) is 1.34. The summed E-state index contributed by atoms with van der Waals surface area (Å²) in [4.78, 5) is 18.2. The number of aliphatic hydroxyl groups is 1. The predicted octanol–water partition coefficient (Wildman–Crippen LogP) is 0.322. The molecule has 0 atom stereocenters. The summed E-state index contributed by atoms with van der Waals surface area (Å²) < 4.78 is 21.2. The van der Waals surface area contributed by atoms with Crippen molar-refractivity contribution in [2.45, 2.75) is 13.5 Å². The summed E-state index contributed by atoms with van der Waals surface area (Å²) in [6.45, 7) is 8.86. The fourth-order valence-electron chi connectivity index (χ4n) is 2.48. The third-order valence-electron chi connectivity index (χ3n) is 3.97. The average Bonchev–Trinajstić information content (AvgIpc) is 2.75. The van der Waals surface area contributed by atoms with Gasteiger partial charge in [-0.3, -0.25) is 4.90 Å². The molecule has 9 heteroatoms. The highest BCUT2D eigenvalue weighted by Crippen LogP contribution is 2.05. The van der Waals surface area contributed by atoms with Crippen molar-refractivity contribution in [3.8, 4) is 0 Å². The Morgan fingerprint density at radius 3 is 2.41 bits per heavy atom. The van der Waals surface area contributed by atoms with E-state index in [9.17, 15) is 4.79 Å². The summed E-state index contributed by atoms with van der Waals surface area (Å²) in [5.41, 5.74) is 1.05. The van der Waals surface area contributed by atoms with Crippen molar-refractivity contribution in [1.82, 2.24) is 15.2 Å². The molecule has 1 aromatic heterocycles. The minimum Gasteiger partial charge on any atom is -0.464 e. The SMILES string of the molecule is CCNCCOCCOCCN(CCOCCO)Cc1cccc(C(=O)OC)n1. The molecule has 0 fully saturated rings. The van der Waals surface area contributed by atoms with E-state index in [-0.39, 0.29) is 12.3 Å². The van der Waals surface area contributed by atoms with Crippen molar-refractivity contribution >= 4 is 5.97 Å². The van der Waals surface area contributed by atoms with Crippen LogP contribution in [0.5, 0.6) is 0 Å². The van der Waals surface area contributed by atoms with Gasteiger partial charge in [0.05, 0.1) is 59.1 Å². The van der Waals surface area contributed by atoms with Gasteiger partial charge < -0.3 is 29.4 Å². The quantitative estimate of drug-likeness (QED) is 0.260. The number of methoxy groups -OCH3 is 1. The van der Waals surface area contributed by atoms with Crippen molar-refractivity contribution in [3.63, 3.8) is 0 Å². The number of rotatable bonds is 18. The number of nitrogens with zero attached hydrogens (tertiary/aromatic N) is 2. The number of aliphatic hydroxyl groups excluding tert-OH is 1. The molecule has 29 heavy (non-hydrogen) atoms. The lowest BCUT2D eigenvalue weighted by Gasteiger charge is -2.22. The first kappa shape index (κ1) is 25.4. The molecule has 0 aliphatic heterocycles. The van der Waals surface area contributed by atoms with Gasteiger partial charge in [0.1, 0.15) is 5.69 Å². The number of ether oxygens (including phenoxy) is 4. The maximum Gasteiger partial charge on any atom is 0.356 e. The number of hydrogen-bond acceptors (Lipinski definition) is 9. The van der Waals surface area contributed by atoms with Crippen molar-refractivity contribution in [3.05, 3.63) is 29.6 Å². The lowest BCUT2D eigenvalue weighted by atomic mass is 10.3. The standard InChI is InChI=1S/C20H35N3O6/c1-3-21-7-11-27-15-16-29-13-9-23(8-12-28-14-10-24)17-18-5-4-6-19(22-18)20(25)26-2/h4-6,21,24H,3,7-17H2,1-2H3. The van der Waals surface area contributed by atoms with E-state index in [0.29, 0.717) is 59.3 Å². The number of carbonyl (C=O) groups excluding carboxylic acids is 1. The Morgan fingerprint density at radius 2 is 1.76 bits per heavy atom. The molecule has 0 saturated carbocycles. The predicted molar refractivity (Wildman–Crippen MR) is 109 cm³/mol. The molecule has 2 N–H and O–H groups in total. The van der Waals surface area contributed by atoms with E-state index in [1.165, 1.54) is 7.11 Å². The minimum atomic E-state index is -0.456. The topological polar surface area (TPSA) is 102 Å². The van der Waals surface area contributed by atoms with Crippen LogP contribution in [-0.2, 0) is 25.5 Å². The zero-order valence-electron chi connectivity index (χ0n) is 17.6. The molecule has 9 nitrogen and oxygen atoms in total. The first-order chi connectivity index (χ1) is 14.2.